The fourth-order valence-corrected chi connectivity index (χ4v) is 0.920. The van der Waals surface area contributed by atoms with Crippen LogP contribution in [-0.2, 0) is 18.0 Å². The fourth-order valence-electron chi connectivity index (χ4n) is 0.920. The van der Waals surface area contributed by atoms with Crippen LogP contribution < -0.4 is 0 Å². The Bertz CT molecular complexity index is 392. The molecular formula is C14H20Cl2SiZr-2. The average Bonchev–Trinajstić information content (AvgIpc) is 2.96. The molecule has 0 atom stereocenters. The van der Waals surface area contributed by atoms with Crippen LogP contribution >= 0.6 is 17.0 Å². The number of aryl methyl sites for hydroxylation is 2. The molecule has 2 rings (SSSR count). The zero-order valence-corrected chi connectivity index (χ0v) is 16.3. The van der Waals surface area contributed by atoms with Gasteiger partial charge in [0.15, 0.2) is 0 Å². The first-order valence-corrected chi connectivity index (χ1v) is 18.3. The van der Waals surface area contributed by atoms with Crippen molar-refractivity contribution in [2.24, 2.45) is 0 Å². The van der Waals surface area contributed by atoms with Gasteiger partial charge in [-0.1, -0.05) is 13.8 Å². The second kappa shape index (κ2) is 11.2. The molecule has 0 unspecified atom stereocenters. The van der Waals surface area contributed by atoms with Gasteiger partial charge in [0.2, 0.25) is 0 Å². The molecule has 2 aromatic rings. The molecule has 4 heteroatoms. The number of halogens is 2. The molecule has 0 amide bonds. The van der Waals surface area contributed by atoms with Crippen molar-refractivity contribution in [3.05, 3.63) is 59.7 Å². The molecule has 0 fully saturated rings. The minimum absolute atomic E-state index is 0.224. The number of hydrogen-bond acceptors (Lipinski definition) is 0. The van der Waals surface area contributed by atoms with Crippen molar-refractivity contribution in [1.82, 2.24) is 0 Å². The first-order valence-electron chi connectivity index (χ1n) is 5.79. The normalized spacial score (nSPS) is 8.56. The van der Waals surface area contributed by atoms with E-state index in [9.17, 15) is 0 Å². The van der Waals surface area contributed by atoms with Crippen molar-refractivity contribution in [3.63, 3.8) is 0 Å². The third-order valence-corrected chi connectivity index (χ3v) is 22.0. The van der Waals surface area contributed by atoms with E-state index in [-0.39, 0.29) is 5.43 Å². The van der Waals surface area contributed by atoms with Crippen molar-refractivity contribution >= 4 is 22.5 Å². The molecule has 0 heterocycles. The van der Waals surface area contributed by atoms with Crippen molar-refractivity contribution < 1.29 is 18.0 Å². The Hall–Kier alpha value is 0.380. The Morgan fingerprint density at radius 1 is 0.944 bits per heavy atom. The molecule has 2 aromatic carbocycles. The summed E-state index contributed by atoms with van der Waals surface area (Å²) >= 11 is -1.65. The number of rotatable bonds is 0. The summed E-state index contributed by atoms with van der Waals surface area (Å²) in [7, 11) is 11.2. The van der Waals surface area contributed by atoms with E-state index in [2.05, 4.69) is 45.1 Å². The van der Waals surface area contributed by atoms with Crippen LogP contribution in [0.4, 0.5) is 0 Å². The summed E-state index contributed by atoms with van der Waals surface area (Å²) in [5, 5.41) is 0. The van der Waals surface area contributed by atoms with Crippen LogP contribution in [0.1, 0.15) is 11.1 Å². The molecule has 0 bridgehead atoms. The summed E-state index contributed by atoms with van der Waals surface area (Å²) in [5.41, 5.74) is 2.55. The Morgan fingerprint density at radius 2 is 1.33 bits per heavy atom. The van der Waals surface area contributed by atoms with E-state index in [0.29, 0.717) is 0 Å². The SMILES string of the molecule is C[Si](C)=[Zr]([Cl])[Cl].Cc1c[cH-]cc1C.c1cc[cH-]c1. The molecule has 0 saturated heterocycles. The third-order valence-electron chi connectivity index (χ3n) is 2.25. The zero-order valence-electron chi connectivity index (χ0n) is 11.4. The first-order chi connectivity index (χ1) is 8.45. The van der Waals surface area contributed by atoms with Gasteiger partial charge in [0.05, 0.1) is 0 Å². The van der Waals surface area contributed by atoms with E-state index in [4.69, 9.17) is 17.0 Å². The van der Waals surface area contributed by atoms with E-state index in [1.807, 2.05) is 30.3 Å². The summed E-state index contributed by atoms with van der Waals surface area (Å²) in [6.07, 6.45) is 0. The van der Waals surface area contributed by atoms with Gasteiger partial charge in [-0.15, -0.1) is 0 Å². The van der Waals surface area contributed by atoms with Crippen LogP contribution in [-0.4, -0.2) is 5.43 Å². The van der Waals surface area contributed by atoms with Crippen molar-refractivity contribution in [1.29, 1.82) is 0 Å². The van der Waals surface area contributed by atoms with Gasteiger partial charge in [-0.05, 0) is 0 Å². The van der Waals surface area contributed by atoms with Crippen molar-refractivity contribution in [2.45, 2.75) is 26.9 Å². The molecule has 0 nitrogen and oxygen atoms in total. The molecule has 0 aliphatic heterocycles. The summed E-state index contributed by atoms with van der Waals surface area (Å²) in [5.74, 6) is 0. The summed E-state index contributed by atoms with van der Waals surface area (Å²) in [6.45, 7) is 8.57. The Morgan fingerprint density at radius 3 is 1.44 bits per heavy atom. The van der Waals surface area contributed by atoms with Crippen LogP contribution in [0.3, 0.4) is 0 Å². The van der Waals surface area contributed by atoms with E-state index in [0.717, 1.165) is 0 Å². The summed E-state index contributed by atoms with van der Waals surface area (Å²) in [4.78, 5) is 0. The largest absolute Gasteiger partial charge is 0.214 e. The predicted octanol–water partition coefficient (Wildman–Crippen LogP) is 5.59. The molecule has 0 aliphatic carbocycles. The van der Waals surface area contributed by atoms with Crippen LogP contribution in [0.25, 0.3) is 0 Å². The smallest absolute Gasteiger partial charge is 0.0958 e. The van der Waals surface area contributed by atoms with Gasteiger partial charge in [-0.2, -0.15) is 47.5 Å². The van der Waals surface area contributed by atoms with Gasteiger partial charge >= 0.3 is 53.5 Å². The topological polar surface area (TPSA) is 0 Å². The maximum atomic E-state index is 5.62. The second-order valence-corrected chi connectivity index (χ2v) is 27.1. The molecule has 0 spiro atoms. The van der Waals surface area contributed by atoms with E-state index in [1.54, 1.807) is 0 Å². The Kier molecular flexibility index (Phi) is 11.5. The quantitative estimate of drug-likeness (QED) is 0.414. The molecule has 18 heavy (non-hydrogen) atoms. The Labute approximate surface area is 126 Å². The van der Waals surface area contributed by atoms with Gasteiger partial charge in [0, 0.05) is 0 Å². The van der Waals surface area contributed by atoms with Gasteiger partial charge < -0.3 is 0 Å². The predicted molar refractivity (Wildman–Crippen MR) is 82.7 cm³/mol. The molecule has 0 aliphatic rings. The first kappa shape index (κ1) is 18.4. The molecule has 0 N–H and O–H groups in total. The standard InChI is InChI=1S/C7H9.C5H5.C2H6Si.2ClH.Zr/c1-6-4-3-5-7(6)2;1-2-4-5-3-1;1-3-2;;;/h3-5H,1-2H3;1-5H;1-2H3;2*1H;/q2*-1;;;;+2/p-2. The van der Waals surface area contributed by atoms with Gasteiger partial charge in [-0.3, -0.25) is 0 Å². The molecular weight excluding hydrogens is 358 g/mol. The van der Waals surface area contributed by atoms with Gasteiger partial charge in [0.1, 0.15) is 0 Å². The Balaban J connectivity index is 0.000000244. The molecule has 0 radical (unpaired) electrons. The second-order valence-electron chi connectivity index (χ2n) is 4.11. The zero-order chi connectivity index (χ0) is 14.0. The van der Waals surface area contributed by atoms with E-state index < -0.39 is 18.0 Å². The molecule has 0 saturated carbocycles. The maximum Gasteiger partial charge on any atom is -0.0958 e. The van der Waals surface area contributed by atoms with Crippen LogP contribution in [0.2, 0.25) is 13.1 Å². The minimum Gasteiger partial charge on any atom is -0.214 e. The average molecular weight is 379 g/mol. The van der Waals surface area contributed by atoms with E-state index in [1.165, 1.54) is 11.1 Å². The fraction of sp³-hybridized carbons (Fsp3) is 0.286. The molecule has 100 valence electrons. The van der Waals surface area contributed by atoms with Crippen LogP contribution in [0.15, 0.2) is 48.5 Å². The van der Waals surface area contributed by atoms with Gasteiger partial charge in [-0.25, -0.2) is 12.1 Å². The van der Waals surface area contributed by atoms with E-state index >= 15 is 0 Å². The maximum absolute atomic E-state index is 5.62. The van der Waals surface area contributed by atoms with Crippen molar-refractivity contribution in [2.75, 3.05) is 0 Å². The van der Waals surface area contributed by atoms with Gasteiger partial charge in [0.25, 0.3) is 0 Å². The van der Waals surface area contributed by atoms with Crippen molar-refractivity contribution in [3.8, 4) is 0 Å². The third kappa shape index (κ3) is 10.3. The number of hydrogen-bond donors (Lipinski definition) is 0. The van der Waals surface area contributed by atoms with Crippen LogP contribution in [0.5, 0.6) is 0 Å². The molecule has 0 aromatic heterocycles. The minimum atomic E-state index is -1.65. The monoisotopic (exact) mass is 376 g/mol. The van der Waals surface area contributed by atoms with Crippen LogP contribution in [0, 0.1) is 13.8 Å². The summed E-state index contributed by atoms with van der Waals surface area (Å²) in [6, 6.07) is 16.3. The summed E-state index contributed by atoms with van der Waals surface area (Å²) < 4.78 is 0.